The van der Waals surface area contributed by atoms with Crippen molar-refractivity contribution >= 4 is 24.2 Å². The molecule has 1 unspecified atom stereocenters. The van der Waals surface area contributed by atoms with Gasteiger partial charge in [-0.3, -0.25) is 9.59 Å². The Morgan fingerprint density at radius 2 is 2.09 bits per heavy atom. The average molecular weight is 336 g/mol. The number of nitrogens with one attached hydrogen (secondary N) is 1. The third-order valence-electron chi connectivity index (χ3n) is 3.69. The zero-order chi connectivity index (χ0) is 15.5. The second-order valence-electron chi connectivity index (χ2n) is 5.11. The number of benzene rings is 1. The molecule has 23 heavy (non-hydrogen) atoms. The van der Waals surface area contributed by atoms with Gasteiger partial charge in [0.1, 0.15) is 18.1 Å². The molecule has 2 amide bonds. The minimum atomic E-state index is -0.626. The quantitative estimate of drug-likeness (QED) is 0.889. The van der Waals surface area contributed by atoms with E-state index in [0.717, 1.165) is 5.56 Å². The van der Waals surface area contributed by atoms with E-state index in [1.807, 2.05) is 30.3 Å². The molecule has 122 valence electrons. The smallest absolute Gasteiger partial charge is 0.258 e. The van der Waals surface area contributed by atoms with Crippen LogP contribution in [0.2, 0.25) is 0 Å². The lowest BCUT2D eigenvalue weighted by atomic mass is 10.0. The molecule has 2 heterocycles. The van der Waals surface area contributed by atoms with Crippen molar-refractivity contribution in [3.05, 3.63) is 59.5 Å². The first-order chi connectivity index (χ1) is 10.7. The summed E-state index contributed by atoms with van der Waals surface area (Å²) >= 11 is 0. The van der Waals surface area contributed by atoms with Crippen LogP contribution in [0.25, 0.3) is 0 Å². The fourth-order valence-electron chi connectivity index (χ4n) is 2.62. The van der Waals surface area contributed by atoms with E-state index in [1.54, 1.807) is 11.0 Å². The summed E-state index contributed by atoms with van der Waals surface area (Å²) in [6, 6.07) is 10.3. The summed E-state index contributed by atoms with van der Waals surface area (Å²) in [6.07, 6.45) is 1.39. The fourth-order valence-corrected chi connectivity index (χ4v) is 2.62. The van der Waals surface area contributed by atoms with Gasteiger partial charge in [-0.05, 0) is 11.6 Å². The normalized spacial score (nSPS) is 17.3. The lowest BCUT2D eigenvalue weighted by Gasteiger charge is -2.35. The van der Waals surface area contributed by atoms with Gasteiger partial charge in [0.05, 0.1) is 12.1 Å². The number of rotatable bonds is 3. The summed E-state index contributed by atoms with van der Waals surface area (Å²) in [7, 11) is 0. The van der Waals surface area contributed by atoms with Crippen LogP contribution in [0.3, 0.4) is 0 Å². The maximum Gasteiger partial charge on any atom is 0.258 e. The number of halogens is 1. The maximum absolute atomic E-state index is 12.7. The first-order valence-electron chi connectivity index (χ1n) is 7.12. The highest BCUT2D eigenvalue weighted by Gasteiger charge is 2.35. The summed E-state index contributed by atoms with van der Waals surface area (Å²) in [5.41, 5.74) is 6.70. The molecule has 6 nitrogen and oxygen atoms in total. The number of nitrogens with zero attached hydrogens (tertiary/aromatic N) is 1. The van der Waals surface area contributed by atoms with Gasteiger partial charge in [0, 0.05) is 13.1 Å². The lowest BCUT2D eigenvalue weighted by molar-refractivity contribution is -0.128. The number of carbonyl (C=O) groups excluding carboxylic acids is 2. The van der Waals surface area contributed by atoms with Gasteiger partial charge < -0.3 is 20.4 Å². The predicted molar refractivity (Wildman–Crippen MR) is 87.1 cm³/mol. The molecule has 1 aliphatic heterocycles. The first-order valence-corrected chi connectivity index (χ1v) is 7.12. The number of carbonyl (C=O) groups is 2. The van der Waals surface area contributed by atoms with Crippen LogP contribution in [-0.4, -0.2) is 29.8 Å². The van der Waals surface area contributed by atoms with E-state index in [1.165, 1.54) is 6.26 Å². The molecule has 0 spiro atoms. The third kappa shape index (κ3) is 3.38. The van der Waals surface area contributed by atoms with Gasteiger partial charge in [-0.1, -0.05) is 30.3 Å². The second kappa shape index (κ2) is 7.30. The Balaban J connectivity index is 0.00000192. The van der Waals surface area contributed by atoms with Gasteiger partial charge in [-0.15, -0.1) is 12.4 Å². The van der Waals surface area contributed by atoms with Crippen molar-refractivity contribution in [2.45, 2.75) is 12.6 Å². The molecule has 1 atom stereocenters. The number of amides is 2. The van der Waals surface area contributed by atoms with Gasteiger partial charge in [-0.25, -0.2) is 0 Å². The lowest BCUT2D eigenvalue weighted by Crippen LogP contribution is -2.52. The Morgan fingerprint density at radius 1 is 1.35 bits per heavy atom. The summed E-state index contributed by atoms with van der Waals surface area (Å²) in [5.74, 6) is 0.140. The zero-order valence-corrected chi connectivity index (χ0v) is 13.2. The monoisotopic (exact) mass is 335 g/mol. The molecule has 1 saturated heterocycles. The molecular formula is C16H18ClN3O3. The molecule has 3 N–H and O–H groups in total. The van der Waals surface area contributed by atoms with E-state index in [4.69, 9.17) is 10.2 Å². The number of piperazine rings is 1. The van der Waals surface area contributed by atoms with Crippen LogP contribution in [0.5, 0.6) is 0 Å². The number of nitrogens with two attached hydrogens (primary N) is 1. The van der Waals surface area contributed by atoms with Crippen LogP contribution in [0.4, 0.5) is 0 Å². The Kier molecular flexibility index (Phi) is 5.41. The minimum absolute atomic E-state index is 0. The summed E-state index contributed by atoms with van der Waals surface area (Å²) in [6.45, 7) is 1.12. The van der Waals surface area contributed by atoms with Gasteiger partial charge in [-0.2, -0.15) is 0 Å². The highest BCUT2D eigenvalue weighted by atomic mass is 35.5. The predicted octanol–water partition coefficient (Wildman–Crippen LogP) is 1.47. The molecule has 0 bridgehead atoms. The van der Waals surface area contributed by atoms with Crippen molar-refractivity contribution in [3.63, 3.8) is 0 Å². The highest BCUT2D eigenvalue weighted by Crippen LogP contribution is 2.25. The Hall–Kier alpha value is -2.31. The average Bonchev–Trinajstić information content (AvgIpc) is 3.04. The van der Waals surface area contributed by atoms with Crippen LogP contribution in [0.1, 0.15) is 27.7 Å². The molecule has 0 aliphatic carbocycles. The number of hydrogen-bond acceptors (Lipinski definition) is 4. The number of hydrogen-bond donors (Lipinski definition) is 2. The van der Waals surface area contributed by atoms with Crippen molar-refractivity contribution in [2.24, 2.45) is 5.73 Å². The minimum Gasteiger partial charge on any atom is -0.467 e. The molecule has 1 aromatic heterocycles. The van der Waals surface area contributed by atoms with Crippen LogP contribution in [0.15, 0.2) is 47.1 Å². The third-order valence-corrected chi connectivity index (χ3v) is 3.69. The van der Waals surface area contributed by atoms with Crippen molar-refractivity contribution < 1.29 is 14.0 Å². The van der Waals surface area contributed by atoms with Crippen molar-refractivity contribution in [2.75, 3.05) is 13.1 Å². The molecule has 7 heteroatoms. The van der Waals surface area contributed by atoms with E-state index >= 15 is 0 Å². The van der Waals surface area contributed by atoms with Crippen molar-refractivity contribution in [1.29, 1.82) is 0 Å². The zero-order valence-electron chi connectivity index (χ0n) is 12.4. The van der Waals surface area contributed by atoms with Crippen LogP contribution < -0.4 is 11.1 Å². The van der Waals surface area contributed by atoms with Crippen molar-refractivity contribution in [1.82, 2.24) is 10.2 Å². The van der Waals surface area contributed by atoms with E-state index < -0.39 is 6.04 Å². The SMILES string of the molecule is Cl.NCc1cc(C(=O)N2CCNC(=O)C2c2ccccc2)co1. The molecule has 0 radical (unpaired) electrons. The van der Waals surface area contributed by atoms with Gasteiger partial charge in [0.25, 0.3) is 5.91 Å². The fraction of sp³-hybridized carbons (Fsp3) is 0.250. The van der Waals surface area contributed by atoms with E-state index in [9.17, 15) is 9.59 Å². The molecule has 0 saturated carbocycles. The largest absolute Gasteiger partial charge is 0.467 e. The van der Waals surface area contributed by atoms with E-state index in [-0.39, 0.29) is 30.8 Å². The molecule has 2 aromatic rings. The molecule has 3 rings (SSSR count). The topological polar surface area (TPSA) is 88.6 Å². The van der Waals surface area contributed by atoms with Crippen LogP contribution in [0, 0.1) is 0 Å². The maximum atomic E-state index is 12.7. The van der Waals surface area contributed by atoms with Gasteiger partial charge >= 0.3 is 0 Å². The van der Waals surface area contributed by atoms with Gasteiger partial charge in [0.15, 0.2) is 0 Å². The van der Waals surface area contributed by atoms with Gasteiger partial charge in [0.2, 0.25) is 5.91 Å². The summed E-state index contributed by atoms with van der Waals surface area (Å²) in [5, 5.41) is 2.81. The second-order valence-corrected chi connectivity index (χ2v) is 5.11. The molecular weight excluding hydrogens is 318 g/mol. The van der Waals surface area contributed by atoms with E-state index in [2.05, 4.69) is 5.32 Å². The number of furan rings is 1. The molecule has 1 aromatic carbocycles. The van der Waals surface area contributed by atoms with Crippen LogP contribution in [-0.2, 0) is 11.3 Å². The highest BCUT2D eigenvalue weighted by molar-refractivity contribution is 5.98. The first kappa shape index (κ1) is 17.1. The molecule has 1 fully saturated rings. The summed E-state index contributed by atoms with van der Waals surface area (Å²) in [4.78, 5) is 26.5. The van der Waals surface area contributed by atoms with Crippen molar-refractivity contribution in [3.8, 4) is 0 Å². The van der Waals surface area contributed by atoms with Crippen LogP contribution >= 0.6 is 12.4 Å². The Bertz CT molecular complexity index is 687. The molecule has 1 aliphatic rings. The summed E-state index contributed by atoms with van der Waals surface area (Å²) < 4.78 is 5.22. The Morgan fingerprint density at radius 3 is 2.74 bits per heavy atom. The van der Waals surface area contributed by atoms with E-state index in [0.29, 0.717) is 24.4 Å². The Labute approximate surface area is 140 Å². The standard InChI is InChI=1S/C16H17N3O3.ClH/c17-9-13-8-12(10-22-13)16(21)19-7-6-18-15(20)14(19)11-4-2-1-3-5-11;/h1-5,8,10,14H,6-7,9,17H2,(H,18,20);1H.